The minimum Gasteiger partial charge on any atom is -0.262 e. The number of rotatable bonds is 4. The number of hydrogen-bond acceptors (Lipinski definition) is 7. The van der Waals surface area contributed by atoms with E-state index in [0.29, 0.717) is 0 Å². The van der Waals surface area contributed by atoms with E-state index in [-0.39, 0.29) is 0 Å². The average molecular weight is 320 g/mol. The predicted octanol–water partition coefficient (Wildman–Crippen LogP) is -0.651. The van der Waals surface area contributed by atoms with Crippen molar-refractivity contribution in [2.75, 3.05) is 0 Å². The maximum atomic E-state index is 10.1. The zero-order valence-electron chi connectivity index (χ0n) is 4.50. The molecule has 11 heteroatoms. The third-order valence-electron chi connectivity index (χ3n) is 0.274. The van der Waals surface area contributed by atoms with Gasteiger partial charge >= 0.3 is 20.8 Å². The van der Waals surface area contributed by atoms with Crippen LogP contribution in [0, 0.1) is 0 Å². The fourth-order valence-corrected chi connectivity index (χ4v) is 0.833. The normalized spacial score (nSPS) is 13.3. The highest BCUT2D eigenvalue weighted by molar-refractivity contribution is 14.1. The summed E-state index contributed by atoms with van der Waals surface area (Å²) >= 11 is 0.912. The van der Waals surface area contributed by atoms with Gasteiger partial charge in [0.25, 0.3) is 0 Å². The molecule has 0 amide bonds. The third-order valence-corrected chi connectivity index (χ3v) is 2.31. The monoisotopic (exact) mass is 320 g/mol. The molecule has 1 N–H and O–H groups in total. The molecule has 0 heterocycles. The van der Waals surface area contributed by atoms with Gasteiger partial charge in [0, 0.05) is 0 Å². The third kappa shape index (κ3) is 6.85. The summed E-state index contributed by atoms with van der Waals surface area (Å²) in [6.45, 7) is 0. The summed E-state index contributed by atoms with van der Waals surface area (Å²) in [6, 6.07) is 0. The highest BCUT2D eigenvalue weighted by atomic mass is 127. The summed E-state index contributed by atoms with van der Waals surface area (Å²) in [5.74, 6) is 0. The van der Waals surface area contributed by atoms with Gasteiger partial charge in [-0.25, -0.2) is 0 Å². The summed E-state index contributed by atoms with van der Waals surface area (Å²) in [5, 5.41) is 0. The molecule has 0 aromatic carbocycles. The van der Waals surface area contributed by atoms with Gasteiger partial charge in [0.15, 0.2) is 0 Å². The molecule has 0 rings (SSSR count). The molecule has 0 saturated heterocycles. The molecule has 68 valence electrons. The van der Waals surface area contributed by atoms with Gasteiger partial charge in [-0.15, -0.1) is 0 Å². The summed E-state index contributed by atoms with van der Waals surface area (Å²) in [4.78, 5) is 0. The van der Waals surface area contributed by atoms with Crippen LogP contribution in [0.4, 0.5) is 0 Å². The van der Waals surface area contributed by atoms with E-state index in [4.69, 9.17) is 4.55 Å². The smallest absolute Gasteiger partial charge is 0.262 e. The lowest BCUT2D eigenvalue weighted by molar-refractivity contribution is -0.102. The molecule has 0 unspecified atom stereocenters. The van der Waals surface area contributed by atoms with Crippen molar-refractivity contribution in [3.63, 3.8) is 0 Å². The van der Waals surface area contributed by atoms with Crippen LogP contribution < -0.4 is 0 Å². The van der Waals surface area contributed by atoms with Gasteiger partial charge in [-0.1, -0.05) is 8.67 Å². The molecule has 0 aliphatic carbocycles. The molecule has 0 fully saturated rings. The molecule has 0 saturated carbocycles. The van der Waals surface area contributed by atoms with Gasteiger partial charge in [-0.05, 0) is 0 Å². The number of hydrogen-bond donors (Lipinski definition) is 1. The molecule has 0 aliphatic rings. The quantitative estimate of drug-likeness (QED) is 0.314. The maximum absolute atomic E-state index is 10.1. The van der Waals surface area contributed by atoms with Crippen LogP contribution in [0.3, 0.4) is 0 Å². The first-order valence-electron chi connectivity index (χ1n) is 1.67. The van der Waals surface area contributed by atoms with E-state index >= 15 is 0 Å². The van der Waals surface area contributed by atoms with Gasteiger partial charge in [0.2, 0.25) is 0 Å². The molecule has 0 bridgehead atoms. The second-order valence-corrected chi connectivity index (χ2v) is 4.18. The van der Waals surface area contributed by atoms with E-state index in [0.717, 1.165) is 23.0 Å². The first-order valence-corrected chi connectivity index (χ1v) is 5.25. The summed E-state index contributed by atoms with van der Waals surface area (Å²) in [5.41, 5.74) is 0. The highest BCUT2D eigenvalue weighted by Crippen LogP contribution is 2.03. The molecule has 11 heavy (non-hydrogen) atoms. The van der Waals surface area contributed by atoms with Crippen molar-refractivity contribution in [2.45, 2.75) is 0 Å². The fraction of sp³-hybridized carbons (Fsp3) is 0. The molecule has 8 nitrogen and oxygen atoms in total. The van der Waals surface area contributed by atoms with E-state index in [9.17, 15) is 16.8 Å². The van der Waals surface area contributed by atoms with Crippen molar-refractivity contribution in [2.24, 2.45) is 0 Å². The van der Waals surface area contributed by atoms with Gasteiger partial charge in [-0.2, -0.15) is 19.3 Å². The highest BCUT2D eigenvalue weighted by Gasteiger charge is 2.17. The molecule has 0 radical (unpaired) electrons. The minimum atomic E-state index is -4.95. The molecular formula is HIO8S2. The molecule has 0 spiro atoms. The molecular weight excluding hydrogens is 319 g/mol. The van der Waals surface area contributed by atoms with Gasteiger partial charge < -0.3 is 0 Å². The Balaban J connectivity index is 4.13. The zero-order chi connectivity index (χ0) is 9.12. The van der Waals surface area contributed by atoms with Gasteiger partial charge in [-0.3, -0.25) is 4.55 Å². The van der Waals surface area contributed by atoms with Gasteiger partial charge in [0.05, 0.1) is 0 Å². The van der Waals surface area contributed by atoms with E-state index in [1.165, 1.54) is 0 Å². The van der Waals surface area contributed by atoms with E-state index < -0.39 is 20.8 Å². The number of halogens is 1. The Morgan fingerprint density at radius 2 is 1.55 bits per heavy atom. The topological polar surface area (TPSA) is 116 Å². The van der Waals surface area contributed by atoms with Crippen molar-refractivity contribution >= 4 is 43.8 Å². The van der Waals surface area contributed by atoms with Crippen molar-refractivity contribution < 1.29 is 32.6 Å². The lowest BCUT2D eigenvalue weighted by Crippen LogP contribution is -2.10. The first-order chi connectivity index (χ1) is 4.77. The Kier molecular flexibility index (Phi) is 4.09. The van der Waals surface area contributed by atoms with Crippen LogP contribution in [0.2, 0.25) is 0 Å². The summed E-state index contributed by atoms with van der Waals surface area (Å²) in [7, 11) is -9.48. The standard InChI is InChI=1S/HIO8S2/c1-7-11(5,6)9-8-10(2,3)4/h(H,2,3,4). The fourth-order valence-electron chi connectivity index (χ4n) is 0.0796. The second kappa shape index (κ2) is 3.92. The van der Waals surface area contributed by atoms with Crippen LogP contribution in [-0.4, -0.2) is 21.4 Å². The second-order valence-electron chi connectivity index (χ2n) is 1.04. The maximum Gasteiger partial charge on any atom is 0.436 e. The Morgan fingerprint density at radius 3 is 1.82 bits per heavy atom. The van der Waals surface area contributed by atoms with Crippen LogP contribution in [0.15, 0.2) is 0 Å². The molecule has 0 aromatic heterocycles. The Morgan fingerprint density at radius 1 is 1.09 bits per heavy atom. The minimum absolute atomic E-state index is 0.912. The van der Waals surface area contributed by atoms with Crippen LogP contribution in [-0.2, 0) is 32.0 Å². The Hall–Kier alpha value is 0.470. The molecule has 0 atom stereocenters. The molecule has 0 aromatic rings. The lowest BCUT2D eigenvalue weighted by atomic mass is 14.9. The van der Waals surface area contributed by atoms with Crippen molar-refractivity contribution in [1.82, 2.24) is 0 Å². The summed E-state index contributed by atoms with van der Waals surface area (Å²) < 4.78 is 57.0. The van der Waals surface area contributed by atoms with Gasteiger partial charge in [0.1, 0.15) is 23.0 Å². The van der Waals surface area contributed by atoms with E-state index in [2.05, 4.69) is 11.2 Å². The van der Waals surface area contributed by atoms with E-state index in [1.54, 1.807) is 0 Å². The van der Waals surface area contributed by atoms with Crippen LogP contribution >= 0.6 is 23.0 Å². The zero-order valence-corrected chi connectivity index (χ0v) is 8.29. The van der Waals surface area contributed by atoms with Crippen molar-refractivity contribution in [3.05, 3.63) is 0 Å². The average Bonchev–Trinajstić information content (AvgIpc) is 1.83. The Bertz CT molecular complexity index is 293. The van der Waals surface area contributed by atoms with Crippen LogP contribution in [0.1, 0.15) is 0 Å². The van der Waals surface area contributed by atoms with Crippen molar-refractivity contribution in [3.8, 4) is 0 Å². The Labute approximate surface area is 76.3 Å². The van der Waals surface area contributed by atoms with Crippen LogP contribution in [0.5, 0.6) is 0 Å². The summed E-state index contributed by atoms with van der Waals surface area (Å²) in [6.07, 6.45) is 0. The lowest BCUT2D eigenvalue weighted by Gasteiger charge is -1.95. The van der Waals surface area contributed by atoms with Crippen molar-refractivity contribution in [1.29, 1.82) is 0 Å². The largest absolute Gasteiger partial charge is 0.436 e. The predicted molar refractivity (Wildman–Crippen MR) is 37.7 cm³/mol. The molecule has 0 aliphatic heterocycles. The first kappa shape index (κ1) is 11.5. The van der Waals surface area contributed by atoms with Crippen LogP contribution in [0.25, 0.3) is 0 Å². The SMILES string of the molecule is O=S(=O)(O)OOS(=O)(=O)OI. The van der Waals surface area contributed by atoms with E-state index in [1.807, 2.05) is 0 Å².